The van der Waals surface area contributed by atoms with Crippen LogP contribution in [0.25, 0.3) is 11.3 Å². The largest absolute Gasteiger partial charge is 0.495 e. The van der Waals surface area contributed by atoms with E-state index in [9.17, 15) is 9.59 Å². The molecular weight excluding hydrogens is 354 g/mol. The molecule has 2 aromatic carbocycles. The fourth-order valence-corrected chi connectivity index (χ4v) is 2.61. The summed E-state index contributed by atoms with van der Waals surface area (Å²) in [6, 6.07) is 15.7. The number of carbonyl (C=O) groups is 1. The molecule has 0 radical (unpaired) electrons. The molecule has 1 amide bonds. The van der Waals surface area contributed by atoms with Crippen molar-refractivity contribution in [3.8, 4) is 17.0 Å². The minimum absolute atomic E-state index is 0.170. The first-order valence-corrected chi connectivity index (χ1v) is 8.20. The van der Waals surface area contributed by atoms with Crippen LogP contribution in [0.15, 0.2) is 65.7 Å². The molecule has 132 valence electrons. The van der Waals surface area contributed by atoms with E-state index < -0.39 is 0 Å². The average Bonchev–Trinajstić information content (AvgIpc) is 2.64. The molecule has 0 atom stereocenters. The molecule has 26 heavy (non-hydrogen) atoms. The number of benzene rings is 2. The zero-order valence-electron chi connectivity index (χ0n) is 14.0. The summed E-state index contributed by atoms with van der Waals surface area (Å²) in [6.07, 6.45) is 1.36. The van der Waals surface area contributed by atoms with Crippen molar-refractivity contribution >= 4 is 23.2 Å². The molecule has 0 spiro atoms. The third kappa shape index (κ3) is 4.10. The normalized spacial score (nSPS) is 10.4. The third-order valence-corrected chi connectivity index (χ3v) is 3.93. The Kier molecular flexibility index (Phi) is 5.34. The highest BCUT2D eigenvalue weighted by atomic mass is 35.5. The van der Waals surface area contributed by atoms with Crippen molar-refractivity contribution < 1.29 is 9.53 Å². The summed E-state index contributed by atoms with van der Waals surface area (Å²) in [6.45, 7) is -0.170. The van der Waals surface area contributed by atoms with E-state index in [2.05, 4.69) is 10.3 Å². The van der Waals surface area contributed by atoms with E-state index in [1.165, 1.54) is 24.1 Å². The number of rotatable bonds is 5. The van der Waals surface area contributed by atoms with Crippen LogP contribution in [-0.2, 0) is 11.3 Å². The molecule has 0 aliphatic heterocycles. The SMILES string of the molecule is COc1ccc(Cl)cc1NC(=O)Cn1cnc(-c2ccccc2)cc1=O. The van der Waals surface area contributed by atoms with Crippen LogP contribution in [0.2, 0.25) is 5.02 Å². The van der Waals surface area contributed by atoms with E-state index in [0.717, 1.165) is 5.56 Å². The molecule has 0 aliphatic carbocycles. The van der Waals surface area contributed by atoms with Gasteiger partial charge in [-0.15, -0.1) is 0 Å². The number of carbonyl (C=O) groups excluding carboxylic acids is 1. The molecule has 6 nitrogen and oxygen atoms in total. The quantitative estimate of drug-likeness (QED) is 0.749. The highest BCUT2D eigenvalue weighted by molar-refractivity contribution is 6.31. The van der Waals surface area contributed by atoms with Gasteiger partial charge in [0, 0.05) is 16.7 Å². The highest BCUT2D eigenvalue weighted by Crippen LogP contribution is 2.27. The summed E-state index contributed by atoms with van der Waals surface area (Å²) in [5.74, 6) is 0.0922. The molecule has 0 bridgehead atoms. The summed E-state index contributed by atoms with van der Waals surface area (Å²) in [7, 11) is 1.50. The molecule has 7 heteroatoms. The maximum Gasteiger partial charge on any atom is 0.254 e. The Morgan fingerprint density at radius 1 is 1.19 bits per heavy atom. The molecule has 3 aromatic rings. The van der Waals surface area contributed by atoms with Crippen molar-refractivity contribution in [1.82, 2.24) is 9.55 Å². The van der Waals surface area contributed by atoms with Gasteiger partial charge in [-0.05, 0) is 18.2 Å². The Labute approximate surface area is 155 Å². The minimum atomic E-state index is -0.387. The lowest BCUT2D eigenvalue weighted by atomic mass is 10.1. The summed E-state index contributed by atoms with van der Waals surface area (Å²) in [5, 5.41) is 3.15. The average molecular weight is 370 g/mol. The summed E-state index contributed by atoms with van der Waals surface area (Å²) in [5.41, 5.74) is 1.52. The van der Waals surface area contributed by atoms with Crippen LogP contribution in [0.3, 0.4) is 0 Å². The lowest BCUT2D eigenvalue weighted by Crippen LogP contribution is -2.27. The predicted molar refractivity (Wildman–Crippen MR) is 101 cm³/mol. The Bertz CT molecular complexity index is 987. The fourth-order valence-electron chi connectivity index (χ4n) is 2.43. The first-order valence-electron chi connectivity index (χ1n) is 7.82. The molecule has 0 saturated heterocycles. The molecule has 1 heterocycles. The number of hydrogen-bond acceptors (Lipinski definition) is 4. The van der Waals surface area contributed by atoms with Crippen molar-refractivity contribution in [1.29, 1.82) is 0 Å². The van der Waals surface area contributed by atoms with Gasteiger partial charge >= 0.3 is 0 Å². The van der Waals surface area contributed by atoms with E-state index in [0.29, 0.717) is 22.2 Å². The fraction of sp³-hybridized carbons (Fsp3) is 0.105. The topological polar surface area (TPSA) is 73.2 Å². The molecule has 0 fully saturated rings. The van der Waals surface area contributed by atoms with Gasteiger partial charge in [0.1, 0.15) is 12.3 Å². The van der Waals surface area contributed by atoms with Gasteiger partial charge in [0.25, 0.3) is 5.56 Å². The second-order valence-electron chi connectivity index (χ2n) is 5.50. The molecule has 1 aromatic heterocycles. The zero-order valence-corrected chi connectivity index (χ0v) is 14.7. The highest BCUT2D eigenvalue weighted by Gasteiger charge is 2.11. The molecule has 3 rings (SSSR count). The second-order valence-corrected chi connectivity index (χ2v) is 5.94. The number of anilines is 1. The van der Waals surface area contributed by atoms with Crippen LogP contribution in [0.1, 0.15) is 0 Å². The van der Waals surface area contributed by atoms with E-state index in [-0.39, 0.29) is 18.0 Å². The molecule has 1 N–H and O–H groups in total. The Balaban J connectivity index is 1.76. The van der Waals surface area contributed by atoms with Crippen LogP contribution in [0, 0.1) is 0 Å². The summed E-state index contributed by atoms with van der Waals surface area (Å²) < 4.78 is 6.42. The maximum atomic E-state index is 12.3. The van der Waals surface area contributed by atoms with E-state index >= 15 is 0 Å². The first-order chi connectivity index (χ1) is 12.6. The van der Waals surface area contributed by atoms with Crippen molar-refractivity contribution in [2.75, 3.05) is 12.4 Å². The number of nitrogens with one attached hydrogen (secondary N) is 1. The van der Waals surface area contributed by atoms with Gasteiger partial charge in [-0.2, -0.15) is 0 Å². The maximum absolute atomic E-state index is 12.3. The van der Waals surface area contributed by atoms with Crippen LogP contribution in [0.4, 0.5) is 5.69 Å². The summed E-state index contributed by atoms with van der Waals surface area (Å²) >= 11 is 5.95. The molecule has 0 saturated carbocycles. The van der Waals surface area contributed by atoms with Crippen LogP contribution >= 0.6 is 11.6 Å². The minimum Gasteiger partial charge on any atom is -0.495 e. The van der Waals surface area contributed by atoms with Gasteiger partial charge in [-0.25, -0.2) is 4.98 Å². The van der Waals surface area contributed by atoms with Crippen molar-refractivity contribution in [2.45, 2.75) is 6.54 Å². The predicted octanol–water partition coefficient (Wildman–Crippen LogP) is 3.21. The van der Waals surface area contributed by atoms with Crippen molar-refractivity contribution in [3.05, 3.63) is 76.3 Å². The van der Waals surface area contributed by atoms with E-state index in [1.54, 1.807) is 18.2 Å². The second kappa shape index (κ2) is 7.84. The molecule has 0 aliphatic rings. The van der Waals surface area contributed by atoms with Gasteiger partial charge in [0.2, 0.25) is 5.91 Å². The lowest BCUT2D eigenvalue weighted by molar-refractivity contribution is -0.116. The van der Waals surface area contributed by atoms with Gasteiger partial charge in [0.05, 0.1) is 24.8 Å². The Hall–Kier alpha value is -3.12. The number of amides is 1. The standard InChI is InChI=1S/C19H16ClN3O3/c1-26-17-8-7-14(20)9-16(17)22-18(24)11-23-12-21-15(10-19(23)25)13-5-3-2-4-6-13/h2-10,12H,11H2,1H3,(H,22,24). The first kappa shape index (κ1) is 17.7. The van der Waals surface area contributed by atoms with Gasteiger partial charge in [-0.1, -0.05) is 41.9 Å². The number of nitrogens with zero attached hydrogens (tertiary/aromatic N) is 2. The van der Waals surface area contributed by atoms with Crippen LogP contribution in [-0.4, -0.2) is 22.6 Å². The Morgan fingerprint density at radius 3 is 2.65 bits per heavy atom. The summed E-state index contributed by atoms with van der Waals surface area (Å²) in [4.78, 5) is 28.8. The number of ether oxygens (including phenoxy) is 1. The molecular formula is C19H16ClN3O3. The van der Waals surface area contributed by atoms with E-state index in [1.807, 2.05) is 30.3 Å². The molecule has 0 unspecified atom stereocenters. The van der Waals surface area contributed by atoms with E-state index in [4.69, 9.17) is 16.3 Å². The van der Waals surface area contributed by atoms with Gasteiger partial charge in [0.15, 0.2) is 0 Å². The van der Waals surface area contributed by atoms with Gasteiger partial charge < -0.3 is 10.1 Å². The smallest absolute Gasteiger partial charge is 0.254 e. The monoisotopic (exact) mass is 369 g/mol. The van der Waals surface area contributed by atoms with Gasteiger partial charge in [-0.3, -0.25) is 14.2 Å². The Morgan fingerprint density at radius 2 is 1.96 bits per heavy atom. The number of aromatic nitrogens is 2. The van der Waals surface area contributed by atoms with Crippen molar-refractivity contribution in [2.24, 2.45) is 0 Å². The lowest BCUT2D eigenvalue weighted by Gasteiger charge is -2.11. The van der Waals surface area contributed by atoms with Crippen LogP contribution < -0.4 is 15.6 Å². The zero-order chi connectivity index (χ0) is 18.5. The van der Waals surface area contributed by atoms with Crippen LogP contribution in [0.5, 0.6) is 5.75 Å². The number of methoxy groups -OCH3 is 1. The third-order valence-electron chi connectivity index (χ3n) is 3.70. The number of hydrogen-bond donors (Lipinski definition) is 1. The number of halogens is 1. The van der Waals surface area contributed by atoms with Crippen molar-refractivity contribution in [3.63, 3.8) is 0 Å².